The first kappa shape index (κ1) is 19.5. The van der Waals surface area contributed by atoms with E-state index >= 15 is 0 Å². The van der Waals surface area contributed by atoms with Crippen LogP contribution in [0.15, 0.2) is 42.5 Å². The molecule has 1 atom stereocenters. The summed E-state index contributed by atoms with van der Waals surface area (Å²) in [5, 5.41) is 0.369. The molecule has 144 valence electrons. The van der Waals surface area contributed by atoms with Crippen LogP contribution < -0.4 is 10.5 Å². The quantitative estimate of drug-likeness (QED) is 0.813. The van der Waals surface area contributed by atoms with E-state index in [0.717, 1.165) is 19.5 Å². The number of halogens is 1. The summed E-state index contributed by atoms with van der Waals surface area (Å²) < 4.78 is 5.35. The molecule has 0 spiro atoms. The van der Waals surface area contributed by atoms with Gasteiger partial charge in [-0.15, -0.1) is 0 Å². The van der Waals surface area contributed by atoms with E-state index in [1.54, 1.807) is 12.1 Å². The highest BCUT2D eigenvalue weighted by molar-refractivity contribution is 6.33. The number of nitrogens with zero attached hydrogens (tertiary/aromatic N) is 2. The molecule has 27 heavy (non-hydrogen) atoms. The molecule has 0 aromatic heterocycles. The largest absolute Gasteiger partial charge is 0.496 e. The van der Waals surface area contributed by atoms with Crippen molar-refractivity contribution in [1.82, 2.24) is 9.80 Å². The Kier molecular flexibility index (Phi) is 6.24. The van der Waals surface area contributed by atoms with E-state index in [2.05, 4.69) is 36.1 Å². The van der Waals surface area contributed by atoms with Crippen LogP contribution in [0, 0.1) is 0 Å². The lowest BCUT2D eigenvalue weighted by atomic mass is 10.1. The molecule has 1 aliphatic rings. The maximum absolute atomic E-state index is 13.1. The second-order valence-corrected chi connectivity index (χ2v) is 7.37. The van der Waals surface area contributed by atoms with Gasteiger partial charge in [0.25, 0.3) is 5.91 Å². The third kappa shape index (κ3) is 4.54. The average Bonchev–Trinajstić information content (AvgIpc) is 2.86. The van der Waals surface area contributed by atoms with Crippen LogP contribution in [0.25, 0.3) is 0 Å². The SMILES string of the molecule is COc1cc(N)c(Cl)cc1C(=O)N1CCC(C)N(Cc2ccccc2)CC1. The molecular formula is C21H26ClN3O2. The fraction of sp³-hybridized carbons (Fsp3) is 0.381. The first-order chi connectivity index (χ1) is 13.0. The number of hydrogen-bond donors (Lipinski definition) is 1. The number of nitrogens with two attached hydrogens (primary N) is 1. The summed E-state index contributed by atoms with van der Waals surface area (Å²) in [6.07, 6.45) is 0.920. The molecule has 2 N–H and O–H groups in total. The van der Waals surface area contributed by atoms with E-state index in [0.29, 0.717) is 41.2 Å². The molecule has 2 aromatic carbocycles. The van der Waals surface area contributed by atoms with Gasteiger partial charge in [-0.1, -0.05) is 41.9 Å². The molecule has 1 heterocycles. The third-order valence-electron chi connectivity index (χ3n) is 5.16. The van der Waals surface area contributed by atoms with Crippen LogP contribution in [0.3, 0.4) is 0 Å². The Bertz CT molecular complexity index is 798. The van der Waals surface area contributed by atoms with Gasteiger partial charge in [-0.05, 0) is 25.0 Å². The molecule has 3 rings (SSSR count). The predicted molar refractivity (Wildman–Crippen MR) is 109 cm³/mol. The van der Waals surface area contributed by atoms with Crippen LogP contribution in [-0.4, -0.2) is 48.5 Å². The van der Waals surface area contributed by atoms with Gasteiger partial charge in [-0.3, -0.25) is 9.69 Å². The number of rotatable bonds is 4. The van der Waals surface area contributed by atoms with Gasteiger partial charge in [0.1, 0.15) is 5.75 Å². The number of carbonyl (C=O) groups excluding carboxylic acids is 1. The van der Waals surface area contributed by atoms with E-state index in [4.69, 9.17) is 22.1 Å². The standard InChI is InChI=1S/C21H26ClN3O2/c1-15-8-9-24(10-11-25(15)14-16-6-4-3-5-7-16)21(26)17-12-18(22)19(23)13-20(17)27-2/h3-7,12-13,15H,8-11,14,23H2,1-2H3. The van der Waals surface area contributed by atoms with Crippen molar-refractivity contribution in [3.05, 3.63) is 58.6 Å². The Labute approximate surface area is 165 Å². The van der Waals surface area contributed by atoms with Gasteiger partial charge in [0.15, 0.2) is 0 Å². The topological polar surface area (TPSA) is 58.8 Å². The van der Waals surface area contributed by atoms with Crippen molar-refractivity contribution in [3.63, 3.8) is 0 Å². The number of anilines is 1. The third-order valence-corrected chi connectivity index (χ3v) is 5.49. The van der Waals surface area contributed by atoms with Gasteiger partial charge in [0, 0.05) is 38.3 Å². The molecule has 5 nitrogen and oxygen atoms in total. The molecule has 1 unspecified atom stereocenters. The van der Waals surface area contributed by atoms with Crippen molar-refractivity contribution in [1.29, 1.82) is 0 Å². The summed E-state index contributed by atoms with van der Waals surface area (Å²) in [7, 11) is 1.53. The van der Waals surface area contributed by atoms with Crippen LogP contribution in [0.5, 0.6) is 5.75 Å². The highest BCUT2D eigenvalue weighted by atomic mass is 35.5. The van der Waals surface area contributed by atoms with E-state index in [9.17, 15) is 4.79 Å². The number of carbonyl (C=O) groups is 1. The fourth-order valence-electron chi connectivity index (χ4n) is 3.44. The molecule has 1 saturated heterocycles. The lowest BCUT2D eigenvalue weighted by Gasteiger charge is -2.26. The second kappa shape index (κ2) is 8.63. The van der Waals surface area contributed by atoms with E-state index < -0.39 is 0 Å². The van der Waals surface area contributed by atoms with E-state index in [1.165, 1.54) is 12.7 Å². The zero-order valence-corrected chi connectivity index (χ0v) is 16.6. The summed E-state index contributed by atoms with van der Waals surface area (Å²) >= 11 is 6.14. The summed E-state index contributed by atoms with van der Waals surface area (Å²) in [6.45, 7) is 5.31. The van der Waals surface area contributed by atoms with Crippen LogP contribution in [0.2, 0.25) is 5.02 Å². The summed E-state index contributed by atoms with van der Waals surface area (Å²) in [5.41, 5.74) is 7.99. The van der Waals surface area contributed by atoms with Crippen molar-refractivity contribution in [3.8, 4) is 5.75 Å². The van der Waals surface area contributed by atoms with Crippen LogP contribution in [0.1, 0.15) is 29.3 Å². The number of methoxy groups -OCH3 is 1. The van der Waals surface area contributed by atoms with Crippen LogP contribution >= 0.6 is 11.6 Å². The highest BCUT2D eigenvalue weighted by Gasteiger charge is 2.26. The molecule has 1 fully saturated rings. The normalized spacial score (nSPS) is 18.2. The van der Waals surface area contributed by atoms with E-state index in [-0.39, 0.29) is 5.91 Å². The Morgan fingerprint density at radius 1 is 1.22 bits per heavy atom. The Morgan fingerprint density at radius 3 is 2.67 bits per heavy atom. The first-order valence-corrected chi connectivity index (χ1v) is 9.57. The molecule has 1 aliphatic heterocycles. The fourth-order valence-corrected chi connectivity index (χ4v) is 3.60. The van der Waals surface area contributed by atoms with Crippen molar-refractivity contribution in [2.45, 2.75) is 25.9 Å². The molecule has 6 heteroatoms. The average molecular weight is 388 g/mol. The van der Waals surface area contributed by atoms with Gasteiger partial charge >= 0.3 is 0 Å². The molecule has 0 radical (unpaired) electrons. The molecular weight excluding hydrogens is 362 g/mol. The number of amides is 1. The Balaban J connectivity index is 1.74. The number of nitrogen functional groups attached to an aromatic ring is 1. The van der Waals surface area contributed by atoms with Crippen LogP contribution in [-0.2, 0) is 6.54 Å². The molecule has 0 bridgehead atoms. The predicted octanol–water partition coefficient (Wildman–Crippen LogP) is 3.67. The molecule has 2 aromatic rings. The number of ether oxygens (including phenoxy) is 1. The monoisotopic (exact) mass is 387 g/mol. The lowest BCUT2D eigenvalue weighted by molar-refractivity contribution is 0.0757. The summed E-state index contributed by atoms with van der Waals surface area (Å²) in [6, 6.07) is 14.0. The highest BCUT2D eigenvalue weighted by Crippen LogP contribution is 2.30. The minimum absolute atomic E-state index is 0.0671. The lowest BCUT2D eigenvalue weighted by Crippen LogP contribution is -2.36. The zero-order chi connectivity index (χ0) is 19.4. The maximum Gasteiger partial charge on any atom is 0.257 e. The van der Waals surface area contributed by atoms with Crippen molar-refractivity contribution in [2.75, 3.05) is 32.5 Å². The Hall–Kier alpha value is -2.24. The number of hydrogen-bond acceptors (Lipinski definition) is 4. The summed E-state index contributed by atoms with van der Waals surface area (Å²) in [5.74, 6) is 0.392. The maximum atomic E-state index is 13.1. The van der Waals surface area contributed by atoms with Crippen molar-refractivity contribution < 1.29 is 9.53 Å². The molecule has 1 amide bonds. The van der Waals surface area contributed by atoms with Crippen LogP contribution in [0.4, 0.5) is 5.69 Å². The minimum Gasteiger partial charge on any atom is -0.496 e. The minimum atomic E-state index is -0.0671. The first-order valence-electron chi connectivity index (χ1n) is 9.20. The smallest absolute Gasteiger partial charge is 0.257 e. The van der Waals surface area contributed by atoms with Gasteiger partial charge in [-0.25, -0.2) is 0 Å². The molecule has 0 aliphatic carbocycles. The van der Waals surface area contributed by atoms with Gasteiger partial charge in [-0.2, -0.15) is 0 Å². The van der Waals surface area contributed by atoms with E-state index in [1.807, 2.05) is 11.0 Å². The van der Waals surface area contributed by atoms with Gasteiger partial charge in [0.05, 0.1) is 23.4 Å². The summed E-state index contributed by atoms with van der Waals surface area (Å²) in [4.78, 5) is 17.4. The van der Waals surface area contributed by atoms with Crippen molar-refractivity contribution in [2.24, 2.45) is 0 Å². The second-order valence-electron chi connectivity index (χ2n) is 6.96. The Morgan fingerprint density at radius 2 is 1.96 bits per heavy atom. The van der Waals surface area contributed by atoms with Gasteiger partial charge in [0.2, 0.25) is 0 Å². The number of benzene rings is 2. The van der Waals surface area contributed by atoms with Crippen molar-refractivity contribution >= 4 is 23.2 Å². The zero-order valence-electron chi connectivity index (χ0n) is 15.8. The van der Waals surface area contributed by atoms with Gasteiger partial charge < -0.3 is 15.4 Å². The molecule has 0 saturated carbocycles.